The fourth-order valence-corrected chi connectivity index (χ4v) is 2.63. The summed E-state index contributed by atoms with van der Waals surface area (Å²) in [6.45, 7) is 2.09. The van der Waals surface area contributed by atoms with E-state index in [9.17, 15) is 0 Å². The van der Waals surface area contributed by atoms with Crippen molar-refractivity contribution in [2.75, 3.05) is 0 Å². The van der Waals surface area contributed by atoms with Crippen LogP contribution in [-0.2, 0) is 0 Å². The molecule has 0 bridgehead atoms. The van der Waals surface area contributed by atoms with Crippen LogP contribution < -0.4 is 0 Å². The highest BCUT2D eigenvalue weighted by atomic mass is 15.1. The van der Waals surface area contributed by atoms with E-state index < -0.39 is 0 Å². The summed E-state index contributed by atoms with van der Waals surface area (Å²) < 4.78 is 0. The molecule has 0 aliphatic heterocycles. The molecular formula is C18H15N3. The number of aryl methyl sites for hydroxylation is 1. The molecule has 2 aromatic carbocycles. The zero-order valence-electron chi connectivity index (χ0n) is 11.7. The predicted octanol–water partition coefficient (Wildman–Crippen LogP) is 4.53. The van der Waals surface area contributed by atoms with Crippen molar-refractivity contribution in [3.63, 3.8) is 0 Å². The summed E-state index contributed by atoms with van der Waals surface area (Å²) in [5.74, 6) is 0. The van der Waals surface area contributed by atoms with Crippen LogP contribution in [0.5, 0.6) is 0 Å². The first-order valence-corrected chi connectivity index (χ1v) is 7.00. The first kappa shape index (κ1) is 12.0. The van der Waals surface area contributed by atoms with Crippen molar-refractivity contribution in [2.45, 2.75) is 6.92 Å². The number of para-hydroxylation sites is 1. The Morgan fingerprint density at radius 1 is 0.952 bits per heavy atom. The van der Waals surface area contributed by atoms with Crippen LogP contribution in [0.1, 0.15) is 5.56 Å². The van der Waals surface area contributed by atoms with Gasteiger partial charge in [-0.3, -0.25) is 5.10 Å². The van der Waals surface area contributed by atoms with E-state index in [1.165, 1.54) is 10.9 Å². The lowest BCUT2D eigenvalue weighted by atomic mass is 10.1. The van der Waals surface area contributed by atoms with E-state index in [-0.39, 0.29) is 0 Å². The van der Waals surface area contributed by atoms with Crippen molar-refractivity contribution in [3.8, 4) is 22.5 Å². The molecule has 2 heterocycles. The maximum Gasteiger partial charge on any atom is 0.0927 e. The fourth-order valence-electron chi connectivity index (χ4n) is 2.63. The Hall–Kier alpha value is -2.81. The molecule has 21 heavy (non-hydrogen) atoms. The molecule has 102 valence electrons. The second-order valence-electron chi connectivity index (χ2n) is 5.28. The van der Waals surface area contributed by atoms with Crippen molar-refractivity contribution in [3.05, 3.63) is 66.4 Å². The van der Waals surface area contributed by atoms with Crippen LogP contribution in [0.15, 0.2) is 60.8 Å². The molecule has 0 saturated heterocycles. The standard InChI is InChI=1S/C18H15N3/c1-12-6-8-13(9-7-12)17-10-18(21-20-17)15-11-19-16-5-3-2-4-14(15)16/h2-11,19H,1H3,(H,20,21). The Morgan fingerprint density at radius 3 is 2.62 bits per heavy atom. The molecule has 0 spiro atoms. The van der Waals surface area contributed by atoms with Gasteiger partial charge in [0.1, 0.15) is 0 Å². The van der Waals surface area contributed by atoms with Crippen LogP contribution in [-0.4, -0.2) is 15.2 Å². The van der Waals surface area contributed by atoms with Gasteiger partial charge >= 0.3 is 0 Å². The number of hydrogen-bond donors (Lipinski definition) is 2. The molecular weight excluding hydrogens is 258 g/mol. The molecule has 0 radical (unpaired) electrons. The second kappa shape index (κ2) is 4.63. The third-order valence-corrected chi connectivity index (χ3v) is 3.80. The minimum absolute atomic E-state index is 0.968. The highest BCUT2D eigenvalue weighted by molar-refractivity contribution is 5.95. The molecule has 0 aliphatic carbocycles. The number of aromatic nitrogens is 3. The van der Waals surface area contributed by atoms with Crippen molar-refractivity contribution in [2.24, 2.45) is 0 Å². The van der Waals surface area contributed by atoms with Gasteiger partial charge in [-0.1, -0.05) is 48.0 Å². The Kier molecular flexibility index (Phi) is 2.64. The lowest BCUT2D eigenvalue weighted by Crippen LogP contribution is -1.78. The Labute approximate surface area is 122 Å². The summed E-state index contributed by atoms with van der Waals surface area (Å²) in [4.78, 5) is 3.30. The van der Waals surface area contributed by atoms with E-state index >= 15 is 0 Å². The number of nitrogens with zero attached hydrogens (tertiary/aromatic N) is 1. The van der Waals surface area contributed by atoms with Crippen molar-refractivity contribution in [1.82, 2.24) is 15.2 Å². The molecule has 2 N–H and O–H groups in total. The predicted molar refractivity (Wildman–Crippen MR) is 86.1 cm³/mol. The van der Waals surface area contributed by atoms with Gasteiger partial charge in [-0.15, -0.1) is 0 Å². The highest BCUT2D eigenvalue weighted by Crippen LogP contribution is 2.29. The summed E-state index contributed by atoms with van der Waals surface area (Å²) in [5.41, 5.74) is 6.67. The zero-order chi connectivity index (χ0) is 14.2. The van der Waals surface area contributed by atoms with E-state index in [1.54, 1.807) is 0 Å². The van der Waals surface area contributed by atoms with Gasteiger partial charge in [-0.2, -0.15) is 5.10 Å². The van der Waals surface area contributed by atoms with Gasteiger partial charge < -0.3 is 4.98 Å². The Bertz CT molecular complexity index is 898. The lowest BCUT2D eigenvalue weighted by Gasteiger charge is -1.96. The van der Waals surface area contributed by atoms with E-state index in [1.807, 2.05) is 12.3 Å². The molecule has 4 rings (SSSR count). The van der Waals surface area contributed by atoms with Gasteiger partial charge in [-0.05, 0) is 19.1 Å². The van der Waals surface area contributed by atoms with E-state index in [4.69, 9.17) is 0 Å². The van der Waals surface area contributed by atoms with Gasteiger partial charge in [-0.25, -0.2) is 0 Å². The van der Waals surface area contributed by atoms with Crippen LogP contribution >= 0.6 is 0 Å². The van der Waals surface area contributed by atoms with Crippen LogP contribution in [0.2, 0.25) is 0 Å². The molecule has 3 heteroatoms. The zero-order valence-corrected chi connectivity index (χ0v) is 11.7. The Balaban J connectivity index is 1.79. The number of aromatic amines is 2. The number of H-pyrrole nitrogens is 2. The molecule has 0 amide bonds. The number of nitrogens with one attached hydrogen (secondary N) is 2. The van der Waals surface area contributed by atoms with Gasteiger partial charge in [0.2, 0.25) is 0 Å². The smallest absolute Gasteiger partial charge is 0.0927 e. The van der Waals surface area contributed by atoms with E-state index in [2.05, 4.69) is 70.6 Å². The molecule has 3 nitrogen and oxygen atoms in total. The van der Waals surface area contributed by atoms with Crippen LogP contribution in [0.25, 0.3) is 33.4 Å². The summed E-state index contributed by atoms with van der Waals surface area (Å²) in [7, 11) is 0. The number of rotatable bonds is 2. The van der Waals surface area contributed by atoms with Crippen LogP contribution in [0.3, 0.4) is 0 Å². The minimum Gasteiger partial charge on any atom is -0.360 e. The Morgan fingerprint density at radius 2 is 1.76 bits per heavy atom. The van der Waals surface area contributed by atoms with Crippen molar-refractivity contribution >= 4 is 10.9 Å². The third-order valence-electron chi connectivity index (χ3n) is 3.80. The average molecular weight is 273 g/mol. The third kappa shape index (κ3) is 2.03. The molecule has 0 atom stereocenters. The maximum atomic E-state index is 4.44. The normalized spacial score (nSPS) is 11.1. The maximum absolute atomic E-state index is 4.44. The largest absolute Gasteiger partial charge is 0.360 e. The number of fused-ring (bicyclic) bond motifs is 1. The average Bonchev–Trinajstić information content (AvgIpc) is 3.14. The summed E-state index contributed by atoms with van der Waals surface area (Å²) >= 11 is 0. The fraction of sp³-hybridized carbons (Fsp3) is 0.0556. The van der Waals surface area contributed by atoms with E-state index in [0.717, 1.165) is 28.0 Å². The second-order valence-corrected chi connectivity index (χ2v) is 5.28. The molecule has 4 aromatic rings. The van der Waals surface area contributed by atoms with Crippen LogP contribution in [0, 0.1) is 6.92 Å². The summed E-state index contributed by atoms with van der Waals surface area (Å²) in [6.07, 6.45) is 2.02. The van der Waals surface area contributed by atoms with E-state index in [0.29, 0.717) is 0 Å². The minimum atomic E-state index is 0.968. The van der Waals surface area contributed by atoms with Gasteiger partial charge in [0.15, 0.2) is 0 Å². The van der Waals surface area contributed by atoms with Crippen LogP contribution in [0.4, 0.5) is 0 Å². The number of hydrogen-bond acceptors (Lipinski definition) is 1. The number of benzene rings is 2. The monoisotopic (exact) mass is 273 g/mol. The topological polar surface area (TPSA) is 44.5 Å². The molecule has 0 unspecified atom stereocenters. The molecule has 0 saturated carbocycles. The van der Waals surface area contributed by atoms with Gasteiger partial charge in [0.05, 0.1) is 11.4 Å². The quantitative estimate of drug-likeness (QED) is 0.553. The first-order chi connectivity index (χ1) is 10.3. The highest BCUT2D eigenvalue weighted by Gasteiger charge is 2.09. The molecule has 0 aliphatic rings. The van der Waals surface area contributed by atoms with Crippen molar-refractivity contribution in [1.29, 1.82) is 0 Å². The molecule has 0 fully saturated rings. The lowest BCUT2D eigenvalue weighted by molar-refractivity contribution is 1.10. The van der Waals surface area contributed by atoms with Crippen molar-refractivity contribution < 1.29 is 0 Å². The first-order valence-electron chi connectivity index (χ1n) is 7.00. The summed E-state index contributed by atoms with van der Waals surface area (Å²) in [6, 6.07) is 18.8. The van der Waals surface area contributed by atoms with Gasteiger partial charge in [0.25, 0.3) is 0 Å². The summed E-state index contributed by atoms with van der Waals surface area (Å²) in [5, 5.41) is 8.79. The van der Waals surface area contributed by atoms with Gasteiger partial charge in [0, 0.05) is 28.2 Å². The molecule has 2 aromatic heterocycles. The SMILES string of the molecule is Cc1ccc(-c2cc(-c3c[nH]c4ccccc34)[nH]n2)cc1.